The average molecular weight is 429 g/mol. The van der Waals surface area contributed by atoms with Gasteiger partial charge in [0.2, 0.25) is 0 Å². The number of rotatable bonds is 7. The molecular formula is C22H24N2O5S. The zero-order valence-corrected chi connectivity index (χ0v) is 17.9. The van der Waals surface area contributed by atoms with E-state index in [-0.39, 0.29) is 17.3 Å². The molecule has 1 aromatic heterocycles. The smallest absolute Gasteiger partial charge is 0.314 e. The van der Waals surface area contributed by atoms with Crippen molar-refractivity contribution < 1.29 is 18.3 Å². The van der Waals surface area contributed by atoms with Gasteiger partial charge in [-0.2, -0.15) is 9.78 Å². The maximum atomic E-state index is 13.2. The molecule has 0 atom stereocenters. The Balaban J connectivity index is 2.07. The van der Waals surface area contributed by atoms with Gasteiger partial charge >= 0.3 is 5.56 Å². The van der Waals surface area contributed by atoms with Gasteiger partial charge in [0.05, 0.1) is 29.0 Å². The van der Waals surface area contributed by atoms with Crippen molar-refractivity contribution in [2.24, 2.45) is 0 Å². The molecule has 30 heavy (non-hydrogen) atoms. The van der Waals surface area contributed by atoms with Gasteiger partial charge in [0.25, 0.3) is 0 Å². The highest BCUT2D eigenvalue weighted by Gasteiger charge is 2.19. The van der Waals surface area contributed by atoms with Crippen molar-refractivity contribution in [2.45, 2.75) is 30.8 Å². The number of aliphatic hydroxyl groups is 1. The van der Waals surface area contributed by atoms with Crippen molar-refractivity contribution in [1.82, 2.24) is 9.78 Å². The van der Waals surface area contributed by atoms with Gasteiger partial charge in [0, 0.05) is 18.2 Å². The molecular weight excluding hydrogens is 404 g/mol. The standard InChI is InChI=1S/C22H24N2O5S/c1-22(2,26)13-14-29-20-19(16-9-11-18(12-10-16)30(3,27)28)15-23-24(21(20)25)17-7-5-4-6-8-17/h4-12,15,26H,13-14H2,1-3H3. The molecule has 0 radical (unpaired) electrons. The first kappa shape index (κ1) is 21.7. The van der Waals surface area contributed by atoms with Crippen molar-refractivity contribution >= 4 is 9.84 Å². The van der Waals surface area contributed by atoms with Crippen LogP contribution in [0.5, 0.6) is 5.75 Å². The predicted molar refractivity (Wildman–Crippen MR) is 115 cm³/mol. The van der Waals surface area contributed by atoms with Crippen molar-refractivity contribution in [3.05, 3.63) is 71.1 Å². The van der Waals surface area contributed by atoms with Gasteiger partial charge < -0.3 is 9.84 Å². The second kappa shape index (κ2) is 8.41. The van der Waals surface area contributed by atoms with Crippen LogP contribution < -0.4 is 10.3 Å². The summed E-state index contributed by atoms with van der Waals surface area (Å²) in [4.78, 5) is 13.3. The highest BCUT2D eigenvalue weighted by molar-refractivity contribution is 7.90. The SMILES string of the molecule is CC(C)(O)CCOc1c(-c2ccc(S(C)(=O)=O)cc2)cnn(-c2ccccc2)c1=O. The van der Waals surface area contributed by atoms with Crippen molar-refractivity contribution in [2.75, 3.05) is 12.9 Å². The third-order valence-corrected chi connectivity index (χ3v) is 5.62. The summed E-state index contributed by atoms with van der Waals surface area (Å²) < 4.78 is 30.5. The van der Waals surface area contributed by atoms with Crippen molar-refractivity contribution in [1.29, 1.82) is 0 Å². The summed E-state index contributed by atoms with van der Waals surface area (Å²) in [5, 5.41) is 14.2. The van der Waals surface area contributed by atoms with E-state index in [0.717, 1.165) is 6.26 Å². The van der Waals surface area contributed by atoms with Crippen LogP contribution in [-0.4, -0.2) is 41.8 Å². The minimum Gasteiger partial charge on any atom is -0.487 e. The van der Waals surface area contributed by atoms with Crippen LogP contribution in [0.25, 0.3) is 16.8 Å². The Hall–Kier alpha value is -2.97. The summed E-state index contributed by atoms with van der Waals surface area (Å²) in [6, 6.07) is 15.2. The Morgan fingerprint density at radius 3 is 2.27 bits per heavy atom. The summed E-state index contributed by atoms with van der Waals surface area (Å²) >= 11 is 0. The number of ether oxygens (including phenoxy) is 1. The molecule has 0 saturated carbocycles. The van der Waals surface area contributed by atoms with E-state index in [1.54, 1.807) is 50.2 Å². The lowest BCUT2D eigenvalue weighted by Crippen LogP contribution is -2.26. The fraction of sp³-hybridized carbons (Fsp3) is 0.273. The summed E-state index contributed by atoms with van der Waals surface area (Å²) in [5.41, 5.74) is 0.256. The van der Waals surface area contributed by atoms with Crippen LogP contribution in [0.3, 0.4) is 0 Å². The van der Waals surface area contributed by atoms with Crippen LogP contribution in [0, 0.1) is 0 Å². The molecule has 0 aliphatic carbocycles. The molecule has 0 amide bonds. The number of sulfone groups is 1. The fourth-order valence-corrected chi connectivity index (χ4v) is 3.45. The van der Waals surface area contributed by atoms with E-state index in [0.29, 0.717) is 23.2 Å². The van der Waals surface area contributed by atoms with Crippen LogP contribution >= 0.6 is 0 Å². The molecule has 0 spiro atoms. The Kier molecular flexibility index (Phi) is 6.09. The van der Waals surface area contributed by atoms with Crippen molar-refractivity contribution in [3.63, 3.8) is 0 Å². The van der Waals surface area contributed by atoms with E-state index >= 15 is 0 Å². The average Bonchev–Trinajstić information content (AvgIpc) is 2.68. The quantitative estimate of drug-likeness (QED) is 0.621. The van der Waals surface area contributed by atoms with Gasteiger partial charge in [0.1, 0.15) is 0 Å². The van der Waals surface area contributed by atoms with E-state index in [4.69, 9.17) is 4.74 Å². The predicted octanol–water partition coefficient (Wildman–Crippen LogP) is 2.84. The largest absolute Gasteiger partial charge is 0.487 e. The van der Waals surface area contributed by atoms with E-state index in [1.807, 2.05) is 6.07 Å². The number of hydrogen-bond donors (Lipinski definition) is 1. The number of hydrogen-bond acceptors (Lipinski definition) is 6. The molecule has 2 aromatic carbocycles. The summed E-state index contributed by atoms with van der Waals surface area (Å²) in [5.74, 6) is 0.0882. The molecule has 3 aromatic rings. The summed E-state index contributed by atoms with van der Waals surface area (Å²) in [7, 11) is -3.33. The molecule has 158 valence electrons. The lowest BCUT2D eigenvalue weighted by atomic mass is 10.1. The first-order valence-corrected chi connectivity index (χ1v) is 11.3. The molecule has 0 bridgehead atoms. The molecule has 0 saturated heterocycles. The molecule has 0 aliphatic heterocycles. The lowest BCUT2D eigenvalue weighted by Gasteiger charge is -2.18. The highest BCUT2D eigenvalue weighted by Crippen LogP contribution is 2.28. The van der Waals surface area contributed by atoms with Crippen LogP contribution in [0.15, 0.2) is 70.5 Å². The number of para-hydroxylation sites is 1. The fourth-order valence-electron chi connectivity index (χ4n) is 2.82. The maximum absolute atomic E-state index is 13.2. The van der Waals surface area contributed by atoms with Crippen LogP contribution in [-0.2, 0) is 9.84 Å². The van der Waals surface area contributed by atoms with Gasteiger partial charge in [-0.15, -0.1) is 0 Å². The monoisotopic (exact) mass is 428 g/mol. The number of benzene rings is 2. The highest BCUT2D eigenvalue weighted by atomic mass is 32.2. The maximum Gasteiger partial charge on any atom is 0.314 e. The third kappa shape index (κ3) is 5.14. The third-order valence-electron chi connectivity index (χ3n) is 4.49. The minimum absolute atomic E-state index is 0.0882. The second-order valence-corrected chi connectivity index (χ2v) is 9.66. The molecule has 0 fully saturated rings. The van der Waals surface area contributed by atoms with Gasteiger partial charge in [-0.25, -0.2) is 8.42 Å². The van der Waals surface area contributed by atoms with E-state index in [2.05, 4.69) is 5.10 Å². The van der Waals surface area contributed by atoms with Crippen LogP contribution in [0.2, 0.25) is 0 Å². The lowest BCUT2D eigenvalue weighted by molar-refractivity contribution is 0.0551. The van der Waals surface area contributed by atoms with Gasteiger partial charge in [-0.05, 0) is 43.7 Å². The summed E-state index contributed by atoms with van der Waals surface area (Å²) in [6.07, 6.45) is 2.98. The minimum atomic E-state index is -3.33. The van der Waals surface area contributed by atoms with Crippen molar-refractivity contribution in [3.8, 4) is 22.6 Å². The zero-order chi connectivity index (χ0) is 21.9. The second-order valence-electron chi connectivity index (χ2n) is 7.65. The number of aromatic nitrogens is 2. The van der Waals surface area contributed by atoms with Crippen LogP contribution in [0.4, 0.5) is 0 Å². The molecule has 8 heteroatoms. The molecule has 7 nitrogen and oxygen atoms in total. The Morgan fingerprint density at radius 1 is 1.07 bits per heavy atom. The van der Waals surface area contributed by atoms with E-state index in [9.17, 15) is 18.3 Å². The molecule has 3 rings (SSSR count). The number of nitrogens with zero attached hydrogens (tertiary/aromatic N) is 2. The van der Waals surface area contributed by atoms with Gasteiger partial charge in [0.15, 0.2) is 15.6 Å². The first-order chi connectivity index (χ1) is 14.1. The topological polar surface area (TPSA) is 98.5 Å². The Labute approximate surface area is 175 Å². The van der Waals surface area contributed by atoms with Gasteiger partial charge in [-0.1, -0.05) is 30.3 Å². The van der Waals surface area contributed by atoms with E-state index in [1.165, 1.54) is 23.0 Å². The van der Waals surface area contributed by atoms with E-state index < -0.39 is 21.0 Å². The van der Waals surface area contributed by atoms with Gasteiger partial charge in [-0.3, -0.25) is 4.79 Å². The molecule has 0 aliphatic rings. The van der Waals surface area contributed by atoms with Crippen LogP contribution in [0.1, 0.15) is 20.3 Å². The normalized spacial score (nSPS) is 12.0. The zero-order valence-electron chi connectivity index (χ0n) is 17.1. The molecule has 1 heterocycles. The summed E-state index contributed by atoms with van der Waals surface area (Å²) in [6.45, 7) is 3.46. The first-order valence-electron chi connectivity index (χ1n) is 9.40. The Morgan fingerprint density at radius 2 is 1.70 bits per heavy atom. The molecule has 0 unspecified atom stereocenters. The Bertz CT molecular complexity index is 1180. The molecule has 1 N–H and O–H groups in total.